The van der Waals surface area contributed by atoms with Crippen LogP contribution in [0.25, 0.3) is 44.3 Å². The summed E-state index contributed by atoms with van der Waals surface area (Å²) in [6.07, 6.45) is 4.80. The first-order valence-corrected chi connectivity index (χ1v) is 18.3. The summed E-state index contributed by atoms with van der Waals surface area (Å²) in [5, 5.41) is 1.22. The fourth-order valence-corrected chi connectivity index (χ4v) is 7.81. The number of rotatable bonds is 6. The summed E-state index contributed by atoms with van der Waals surface area (Å²) in [5.41, 5.74) is 11.0. The fourth-order valence-electron chi connectivity index (χ4n) is 7.81. The second kappa shape index (κ2) is 13.4. The van der Waals surface area contributed by atoms with Gasteiger partial charge in [-0.2, -0.15) is 5.01 Å². The average Bonchev–Trinajstić information content (AvgIpc) is 3.57. The predicted molar refractivity (Wildman–Crippen MR) is 202 cm³/mol. The van der Waals surface area contributed by atoms with E-state index < -0.39 is 6.09 Å². The van der Waals surface area contributed by atoms with E-state index in [4.69, 9.17) is 14.7 Å². The molecule has 4 amide bonds. The number of para-hydroxylation sites is 1. The van der Waals surface area contributed by atoms with Crippen LogP contribution in [0.5, 0.6) is 0 Å². The van der Waals surface area contributed by atoms with E-state index in [9.17, 15) is 14.4 Å². The molecule has 53 heavy (non-hydrogen) atoms. The molecule has 0 spiro atoms. The molecule has 4 aromatic carbocycles. The molecule has 2 aromatic heterocycles. The number of imidazole rings is 2. The lowest BCUT2D eigenvalue weighted by atomic mass is 10.00. The molecule has 268 valence electrons. The van der Waals surface area contributed by atoms with Crippen molar-refractivity contribution in [2.24, 2.45) is 5.92 Å². The number of carbonyl (C=O) groups is 3. The van der Waals surface area contributed by atoms with Crippen LogP contribution in [-0.4, -0.2) is 68.0 Å². The fraction of sp³-hybridized carbons (Fsp3) is 0.293. The summed E-state index contributed by atoms with van der Waals surface area (Å²) in [7, 11) is 1.26. The van der Waals surface area contributed by atoms with E-state index in [1.165, 1.54) is 12.1 Å². The molecule has 0 bridgehead atoms. The SMILES string of the molecule is COC(=O)NN(C(=O)N1CCC[C@H]1c1nc2ccc(-c3ccc(-c4ccc5nc([C@@H]6CCCN6C(=O)C6CC6)[nH]c5c4)cc3)cc2[nH]1)c1ccccc1. The first-order chi connectivity index (χ1) is 25.9. The van der Waals surface area contributed by atoms with Gasteiger partial charge in [-0.1, -0.05) is 54.6 Å². The standard InChI is InChI=1S/C41H40N8O4/c1-53-40(51)46-49(30-7-3-2-4-8-30)41(52)48-22-6-10-36(48)38-43-32-20-18-29(24-34(32)45-38)26-13-11-25(12-14-26)28-17-19-31-33(23-28)44-37(42-31)35-9-5-21-47(35)39(50)27-15-16-27/h2-4,7-8,11-14,17-20,23-24,27,35-36H,5-6,9-10,15-16,21-22H2,1H3,(H,42,44)(H,43,45)(H,46,51)/t35-,36-/m0/s1. The van der Waals surface area contributed by atoms with Crippen LogP contribution in [0.15, 0.2) is 91.0 Å². The number of likely N-dealkylation sites (tertiary alicyclic amines) is 2. The van der Waals surface area contributed by atoms with Gasteiger partial charge in [0.25, 0.3) is 0 Å². The molecule has 3 N–H and O–H groups in total. The van der Waals surface area contributed by atoms with E-state index in [1.54, 1.807) is 29.2 Å². The molecule has 6 aromatic rings. The Balaban J connectivity index is 0.925. The van der Waals surface area contributed by atoms with Gasteiger partial charge >= 0.3 is 12.1 Å². The topological polar surface area (TPSA) is 140 Å². The minimum absolute atomic E-state index is 0.0291. The summed E-state index contributed by atoms with van der Waals surface area (Å²) in [6, 6.07) is 29.3. The Morgan fingerprint density at radius 3 is 1.77 bits per heavy atom. The van der Waals surface area contributed by atoms with Gasteiger partial charge in [0, 0.05) is 19.0 Å². The van der Waals surface area contributed by atoms with Crippen LogP contribution in [0.1, 0.15) is 62.3 Å². The Hall–Kier alpha value is -6.17. The Bertz CT molecular complexity index is 2330. The summed E-state index contributed by atoms with van der Waals surface area (Å²) in [5.74, 6) is 2.09. The van der Waals surface area contributed by atoms with Gasteiger partial charge in [-0.25, -0.2) is 25.0 Å². The molecule has 0 radical (unpaired) electrons. The van der Waals surface area contributed by atoms with Crippen LogP contribution in [0.4, 0.5) is 15.3 Å². The lowest BCUT2D eigenvalue weighted by Crippen LogP contribution is -2.52. The van der Waals surface area contributed by atoms with Crippen LogP contribution in [0, 0.1) is 5.92 Å². The highest BCUT2D eigenvalue weighted by Gasteiger charge is 2.40. The van der Waals surface area contributed by atoms with Crippen molar-refractivity contribution < 1.29 is 19.1 Å². The molecule has 12 nitrogen and oxygen atoms in total. The summed E-state index contributed by atoms with van der Waals surface area (Å²) >= 11 is 0. The molecule has 2 atom stereocenters. The summed E-state index contributed by atoms with van der Waals surface area (Å²) < 4.78 is 4.80. The molecule has 1 aliphatic carbocycles. The molecule has 9 rings (SSSR count). The Kier molecular flexibility index (Phi) is 8.29. The highest BCUT2D eigenvalue weighted by Crippen LogP contribution is 2.39. The number of H-pyrrole nitrogens is 2. The zero-order valence-electron chi connectivity index (χ0n) is 29.4. The number of aromatic nitrogens is 4. The number of benzene rings is 4. The number of hydrogen-bond donors (Lipinski definition) is 3. The zero-order valence-corrected chi connectivity index (χ0v) is 29.4. The number of aromatic amines is 2. The van der Waals surface area contributed by atoms with Crippen molar-refractivity contribution in [3.63, 3.8) is 0 Å². The van der Waals surface area contributed by atoms with Crippen molar-refractivity contribution in [3.8, 4) is 22.3 Å². The third-order valence-corrected chi connectivity index (χ3v) is 10.7. The monoisotopic (exact) mass is 708 g/mol. The number of carbonyl (C=O) groups excluding carboxylic acids is 3. The van der Waals surface area contributed by atoms with E-state index in [-0.39, 0.29) is 29.9 Å². The maximum Gasteiger partial charge on any atom is 0.426 e. The molecule has 3 fully saturated rings. The Morgan fingerprint density at radius 2 is 1.23 bits per heavy atom. The van der Waals surface area contributed by atoms with E-state index in [0.29, 0.717) is 18.1 Å². The minimum Gasteiger partial charge on any atom is -0.452 e. The number of hydrogen-bond acceptors (Lipinski definition) is 6. The van der Waals surface area contributed by atoms with E-state index in [1.807, 2.05) is 17.0 Å². The Labute approximate surface area is 306 Å². The maximum absolute atomic E-state index is 13.9. The van der Waals surface area contributed by atoms with Crippen LogP contribution >= 0.6 is 0 Å². The van der Waals surface area contributed by atoms with Crippen molar-refractivity contribution in [2.45, 2.75) is 50.6 Å². The van der Waals surface area contributed by atoms with Gasteiger partial charge in [-0.05, 0) is 97.2 Å². The molecular weight excluding hydrogens is 669 g/mol. The number of hydrazine groups is 1. The zero-order chi connectivity index (χ0) is 36.1. The molecule has 4 heterocycles. The predicted octanol–water partition coefficient (Wildman–Crippen LogP) is 7.88. The lowest BCUT2D eigenvalue weighted by Gasteiger charge is -2.30. The second-order valence-electron chi connectivity index (χ2n) is 14.2. The van der Waals surface area contributed by atoms with Crippen LogP contribution in [0.3, 0.4) is 0 Å². The molecule has 1 saturated carbocycles. The normalized spacial score (nSPS) is 18.5. The smallest absolute Gasteiger partial charge is 0.426 e. The molecule has 2 aliphatic heterocycles. The largest absolute Gasteiger partial charge is 0.452 e. The first-order valence-electron chi connectivity index (χ1n) is 18.3. The van der Waals surface area contributed by atoms with Crippen molar-refractivity contribution in [1.82, 2.24) is 35.2 Å². The quantitative estimate of drug-likeness (QED) is 0.151. The van der Waals surface area contributed by atoms with Gasteiger partial charge in [0.05, 0.1) is 46.9 Å². The van der Waals surface area contributed by atoms with Crippen molar-refractivity contribution in [1.29, 1.82) is 0 Å². The molecule has 12 heteroatoms. The van der Waals surface area contributed by atoms with Crippen molar-refractivity contribution >= 4 is 45.8 Å². The third kappa shape index (κ3) is 6.24. The lowest BCUT2D eigenvalue weighted by molar-refractivity contribution is -0.133. The van der Waals surface area contributed by atoms with Gasteiger partial charge in [0.15, 0.2) is 0 Å². The Morgan fingerprint density at radius 1 is 0.698 bits per heavy atom. The molecular formula is C41H40N8O4. The number of fused-ring (bicyclic) bond motifs is 2. The highest BCUT2D eigenvalue weighted by molar-refractivity contribution is 5.94. The summed E-state index contributed by atoms with van der Waals surface area (Å²) in [4.78, 5) is 59.5. The van der Waals surface area contributed by atoms with Gasteiger partial charge in [-0.3, -0.25) is 4.79 Å². The van der Waals surface area contributed by atoms with Gasteiger partial charge < -0.3 is 24.5 Å². The van der Waals surface area contributed by atoms with Crippen molar-refractivity contribution in [3.05, 3.63) is 103 Å². The van der Waals surface area contributed by atoms with Crippen LogP contribution < -0.4 is 10.4 Å². The van der Waals surface area contributed by atoms with Gasteiger partial charge in [-0.15, -0.1) is 0 Å². The number of nitrogens with one attached hydrogen (secondary N) is 3. The number of nitrogens with zero attached hydrogens (tertiary/aromatic N) is 5. The van der Waals surface area contributed by atoms with E-state index >= 15 is 0 Å². The van der Waals surface area contributed by atoms with Crippen molar-refractivity contribution in [2.75, 3.05) is 25.2 Å². The number of anilines is 1. The summed E-state index contributed by atoms with van der Waals surface area (Å²) in [6.45, 7) is 1.34. The highest BCUT2D eigenvalue weighted by atomic mass is 16.5. The average molecular weight is 709 g/mol. The number of urea groups is 1. The molecule has 2 saturated heterocycles. The second-order valence-corrected chi connectivity index (χ2v) is 14.2. The maximum atomic E-state index is 13.9. The number of methoxy groups -OCH3 is 1. The molecule has 3 aliphatic rings. The van der Waals surface area contributed by atoms with Gasteiger partial charge in [0.1, 0.15) is 11.6 Å². The van der Waals surface area contributed by atoms with Crippen LogP contribution in [-0.2, 0) is 9.53 Å². The number of ether oxygens (including phenoxy) is 1. The first kappa shape index (κ1) is 32.7. The minimum atomic E-state index is -0.732. The molecule has 0 unspecified atom stereocenters. The third-order valence-electron chi connectivity index (χ3n) is 10.7. The van der Waals surface area contributed by atoms with Gasteiger partial charge in [0.2, 0.25) is 5.91 Å². The van der Waals surface area contributed by atoms with E-state index in [0.717, 1.165) is 95.2 Å². The van der Waals surface area contributed by atoms with Crippen LogP contribution in [0.2, 0.25) is 0 Å². The van der Waals surface area contributed by atoms with E-state index in [2.05, 4.69) is 70.0 Å². The number of amides is 4.